The number of nitrogens with two attached hydrogens (primary N) is 1. The van der Waals surface area contributed by atoms with E-state index in [0.717, 1.165) is 17.5 Å². The van der Waals surface area contributed by atoms with Crippen LogP contribution in [0.3, 0.4) is 0 Å². The highest BCUT2D eigenvalue weighted by molar-refractivity contribution is 5.93. The molecule has 3 aromatic heterocycles. The van der Waals surface area contributed by atoms with Crippen molar-refractivity contribution in [2.45, 2.75) is 13.8 Å². The Hall–Kier alpha value is -2.96. The van der Waals surface area contributed by atoms with Crippen LogP contribution >= 0.6 is 0 Å². The van der Waals surface area contributed by atoms with Crippen LogP contribution in [0.4, 0.5) is 11.8 Å². The highest BCUT2D eigenvalue weighted by Crippen LogP contribution is 2.25. The predicted molar refractivity (Wildman–Crippen MR) is 91.1 cm³/mol. The van der Waals surface area contributed by atoms with Gasteiger partial charge < -0.3 is 16.0 Å². The number of anilines is 2. The Kier molecular flexibility index (Phi) is 3.92. The van der Waals surface area contributed by atoms with E-state index in [2.05, 4.69) is 39.1 Å². The third-order valence-corrected chi connectivity index (χ3v) is 3.40. The summed E-state index contributed by atoms with van der Waals surface area (Å²) in [5.41, 5.74) is 6.79. The first kappa shape index (κ1) is 15.0. The Morgan fingerprint density at radius 1 is 1.30 bits per heavy atom. The lowest BCUT2D eigenvalue weighted by Gasteiger charge is -2.12. The highest BCUT2D eigenvalue weighted by Gasteiger charge is 2.11. The number of nitrogen functional groups attached to an aromatic ring is 1. The van der Waals surface area contributed by atoms with E-state index in [-0.39, 0.29) is 11.5 Å². The van der Waals surface area contributed by atoms with Gasteiger partial charge in [0.05, 0.1) is 11.1 Å². The van der Waals surface area contributed by atoms with Crippen molar-refractivity contribution in [3.8, 4) is 11.3 Å². The fourth-order valence-electron chi connectivity index (χ4n) is 2.26. The predicted octanol–water partition coefficient (Wildman–Crippen LogP) is 2.03. The van der Waals surface area contributed by atoms with Crippen molar-refractivity contribution in [1.82, 2.24) is 19.9 Å². The summed E-state index contributed by atoms with van der Waals surface area (Å²) in [6.45, 7) is 4.91. The largest absolute Gasteiger partial charge is 0.369 e. The van der Waals surface area contributed by atoms with Gasteiger partial charge in [-0.15, -0.1) is 0 Å². The number of aromatic nitrogens is 4. The minimum absolute atomic E-state index is 0.165. The zero-order valence-corrected chi connectivity index (χ0v) is 13.0. The molecule has 3 aromatic rings. The van der Waals surface area contributed by atoms with E-state index >= 15 is 0 Å². The minimum atomic E-state index is -0.165. The van der Waals surface area contributed by atoms with Gasteiger partial charge in [-0.3, -0.25) is 4.79 Å². The molecule has 0 aromatic carbocycles. The van der Waals surface area contributed by atoms with E-state index in [1.807, 2.05) is 12.1 Å². The quantitative estimate of drug-likeness (QED) is 0.680. The van der Waals surface area contributed by atoms with Crippen LogP contribution in [-0.2, 0) is 0 Å². The maximum atomic E-state index is 12.2. The lowest BCUT2D eigenvalue weighted by atomic mass is 10.1. The van der Waals surface area contributed by atoms with Crippen LogP contribution in [0.1, 0.15) is 13.8 Å². The topological polar surface area (TPSA) is 110 Å². The molecule has 0 aliphatic heterocycles. The van der Waals surface area contributed by atoms with E-state index in [4.69, 9.17) is 5.73 Å². The van der Waals surface area contributed by atoms with Crippen molar-refractivity contribution >= 4 is 22.5 Å². The number of hydrogen-bond acceptors (Lipinski definition) is 6. The fourth-order valence-corrected chi connectivity index (χ4v) is 2.26. The van der Waals surface area contributed by atoms with Crippen LogP contribution in [0.5, 0.6) is 0 Å². The molecule has 118 valence electrons. The van der Waals surface area contributed by atoms with E-state index in [1.54, 1.807) is 18.6 Å². The molecule has 0 aliphatic carbocycles. The Labute approximate surface area is 133 Å². The molecule has 0 saturated heterocycles. The monoisotopic (exact) mass is 310 g/mol. The normalized spacial score (nSPS) is 11.1. The summed E-state index contributed by atoms with van der Waals surface area (Å²) in [6, 6.07) is 3.70. The second-order valence-electron chi connectivity index (χ2n) is 5.73. The van der Waals surface area contributed by atoms with Gasteiger partial charge in [0.15, 0.2) is 0 Å². The molecule has 0 saturated carbocycles. The first-order valence-electron chi connectivity index (χ1n) is 7.39. The average molecular weight is 310 g/mol. The summed E-state index contributed by atoms with van der Waals surface area (Å²) in [7, 11) is 0. The molecule has 23 heavy (non-hydrogen) atoms. The minimum Gasteiger partial charge on any atom is -0.369 e. The van der Waals surface area contributed by atoms with Gasteiger partial charge in [0.2, 0.25) is 5.95 Å². The zero-order chi connectivity index (χ0) is 16.4. The molecule has 0 amide bonds. The maximum absolute atomic E-state index is 12.2. The lowest BCUT2D eigenvalue weighted by molar-refractivity contribution is 0.687. The maximum Gasteiger partial charge on any atom is 0.259 e. The molecule has 0 fully saturated rings. The number of pyridine rings is 2. The molecular weight excluding hydrogens is 292 g/mol. The van der Waals surface area contributed by atoms with Gasteiger partial charge in [-0.1, -0.05) is 13.8 Å². The first-order chi connectivity index (χ1) is 11.0. The molecular formula is C16H18N6O. The number of nitrogens with zero attached hydrogens (tertiary/aromatic N) is 3. The van der Waals surface area contributed by atoms with Gasteiger partial charge in [-0.05, 0) is 23.4 Å². The summed E-state index contributed by atoms with van der Waals surface area (Å²) in [5, 5.41) is 4.61. The Morgan fingerprint density at radius 3 is 2.74 bits per heavy atom. The first-order valence-corrected chi connectivity index (χ1v) is 7.39. The van der Waals surface area contributed by atoms with Gasteiger partial charge in [-0.2, -0.15) is 0 Å². The number of fused-ring (bicyclic) bond motifs is 1. The molecule has 7 heteroatoms. The molecule has 3 rings (SSSR count). The SMILES string of the molecule is CC(C)CNc1nc(-c2cnc(N)nc2)cc2cc[nH]c(=O)c12. The highest BCUT2D eigenvalue weighted by atomic mass is 16.1. The third-order valence-electron chi connectivity index (χ3n) is 3.40. The Morgan fingerprint density at radius 2 is 2.04 bits per heavy atom. The second kappa shape index (κ2) is 6.04. The van der Waals surface area contributed by atoms with E-state index in [9.17, 15) is 4.79 Å². The standard InChI is InChI=1S/C16H18N6O/c1-9(2)6-19-14-13-10(3-4-18-15(13)23)5-12(22-14)11-7-20-16(17)21-8-11/h3-5,7-9H,6H2,1-2H3,(H,18,23)(H,19,22)(H2,17,20,21). The van der Waals surface area contributed by atoms with Crippen LogP contribution < -0.4 is 16.6 Å². The van der Waals surface area contributed by atoms with Gasteiger partial charge in [0, 0.05) is 30.7 Å². The number of hydrogen-bond donors (Lipinski definition) is 3. The van der Waals surface area contributed by atoms with Crippen LogP contribution in [0.2, 0.25) is 0 Å². The lowest BCUT2D eigenvalue weighted by Crippen LogP contribution is -2.14. The van der Waals surface area contributed by atoms with Crippen LogP contribution in [0, 0.1) is 5.92 Å². The van der Waals surface area contributed by atoms with Crippen molar-refractivity contribution in [2.75, 3.05) is 17.6 Å². The van der Waals surface area contributed by atoms with Crippen molar-refractivity contribution < 1.29 is 0 Å². The van der Waals surface area contributed by atoms with Crippen molar-refractivity contribution in [3.63, 3.8) is 0 Å². The van der Waals surface area contributed by atoms with E-state index < -0.39 is 0 Å². The number of nitrogens with one attached hydrogen (secondary N) is 2. The summed E-state index contributed by atoms with van der Waals surface area (Å²) < 4.78 is 0. The molecule has 3 heterocycles. The molecule has 0 aliphatic rings. The Bertz CT molecular complexity index is 885. The Balaban J connectivity index is 2.17. The van der Waals surface area contributed by atoms with Crippen molar-refractivity contribution in [1.29, 1.82) is 0 Å². The fraction of sp³-hybridized carbons (Fsp3) is 0.250. The van der Waals surface area contributed by atoms with Crippen molar-refractivity contribution in [3.05, 3.63) is 41.1 Å². The van der Waals surface area contributed by atoms with E-state index in [0.29, 0.717) is 22.8 Å². The second-order valence-corrected chi connectivity index (χ2v) is 5.73. The number of aromatic amines is 1. The van der Waals surface area contributed by atoms with Gasteiger partial charge >= 0.3 is 0 Å². The third kappa shape index (κ3) is 3.13. The summed E-state index contributed by atoms with van der Waals surface area (Å²) >= 11 is 0. The summed E-state index contributed by atoms with van der Waals surface area (Å²) in [5.74, 6) is 1.20. The van der Waals surface area contributed by atoms with Gasteiger partial charge in [0.25, 0.3) is 5.56 Å². The smallest absolute Gasteiger partial charge is 0.259 e. The van der Waals surface area contributed by atoms with Crippen LogP contribution in [-0.4, -0.2) is 26.5 Å². The van der Waals surface area contributed by atoms with Crippen LogP contribution in [0.25, 0.3) is 22.0 Å². The van der Waals surface area contributed by atoms with E-state index in [1.165, 1.54) is 0 Å². The van der Waals surface area contributed by atoms with Crippen molar-refractivity contribution in [2.24, 2.45) is 5.92 Å². The summed E-state index contributed by atoms with van der Waals surface area (Å²) in [6.07, 6.45) is 4.87. The molecule has 0 radical (unpaired) electrons. The molecule has 0 unspecified atom stereocenters. The molecule has 7 nitrogen and oxygen atoms in total. The summed E-state index contributed by atoms with van der Waals surface area (Å²) in [4.78, 5) is 27.4. The number of H-pyrrole nitrogens is 1. The molecule has 0 atom stereocenters. The molecule has 4 N–H and O–H groups in total. The number of rotatable bonds is 4. The molecule has 0 spiro atoms. The molecule has 0 bridgehead atoms. The zero-order valence-electron chi connectivity index (χ0n) is 13.0. The average Bonchev–Trinajstić information content (AvgIpc) is 2.53. The van der Waals surface area contributed by atoms with Gasteiger partial charge in [0.1, 0.15) is 5.82 Å². The van der Waals surface area contributed by atoms with Gasteiger partial charge in [-0.25, -0.2) is 15.0 Å². The van der Waals surface area contributed by atoms with Crippen LogP contribution in [0.15, 0.2) is 35.5 Å².